The van der Waals surface area contributed by atoms with Crippen molar-refractivity contribution in [2.75, 3.05) is 20.1 Å². The summed E-state index contributed by atoms with van der Waals surface area (Å²) in [6, 6.07) is 14.5. The Hall–Kier alpha value is -2.36. The molecule has 0 bridgehead atoms. The summed E-state index contributed by atoms with van der Waals surface area (Å²) in [4.78, 5) is 8.82. The van der Waals surface area contributed by atoms with E-state index in [0.29, 0.717) is 18.1 Å². The zero-order valence-corrected chi connectivity index (χ0v) is 18.8. The lowest BCUT2D eigenvalue weighted by Gasteiger charge is -2.43. The summed E-state index contributed by atoms with van der Waals surface area (Å²) in [5, 5.41) is 14.0. The van der Waals surface area contributed by atoms with Crippen LogP contribution in [-0.4, -0.2) is 41.3 Å². The van der Waals surface area contributed by atoms with Crippen LogP contribution in [0.2, 0.25) is 0 Å². The zero-order valence-electron chi connectivity index (χ0n) is 16.5. The molecule has 0 saturated heterocycles. The molecule has 2 heterocycles. The molecule has 0 radical (unpaired) electrons. The molecule has 7 nitrogen and oxygen atoms in total. The lowest BCUT2D eigenvalue weighted by atomic mass is 9.64. The average Bonchev–Trinajstić information content (AvgIpc) is 3.38. The summed E-state index contributed by atoms with van der Waals surface area (Å²) in [6.45, 7) is 1.60. The van der Waals surface area contributed by atoms with Crippen molar-refractivity contribution in [3.05, 3.63) is 60.1 Å². The van der Waals surface area contributed by atoms with Gasteiger partial charge in [-0.25, -0.2) is 4.98 Å². The van der Waals surface area contributed by atoms with Crippen LogP contribution in [0.4, 0.5) is 0 Å². The smallest absolute Gasteiger partial charge is 0.216 e. The molecular weight excluding hydrogens is 479 g/mol. The van der Waals surface area contributed by atoms with Gasteiger partial charge in [-0.15, -0.1) is 24.0 Å². The van der Waals surface area contributed by atoms with E-state index in [1.54, 1.807) is 13.3 Å². The molecule has 8 heteroatoms. The monoisotopic (exact) mass is 506 g/mol. The Morgan fingerprint density at radius 3 is 2.66 bits per heavy atom. The molecule has 1 aromatic carbocycles. The standard InChI is InChI=1S/C21H26N6O.HI/c1-22-20(24-15-21(11-6-12-21)16-7-3-2-4-8-16)23-13-10-18-25-19(27-26-18)17-9-5-14-28-17;/h2-5,7-9,14H,6,10-13,15H2,1H3,(H2,22,23,24)(H,25,26,27);1H. The number of halogens is 1. The Labute approximate surface area is 187 Å². The summed E-state index contributed by atoms with van der Waals surface area (Å²) >= 11 is 0. The van der Waals surface area contributed by atoms with E-state index in [1.165, 1.54) is 24.8 Å². The third-order valence-electron chi connectivity index (χ3n) is 5.44. The SMILES string of the molecule is CN=C(NCCc1nc(-c2ccco2)n[nH]1)NCC1(c2ccccc2)CCC1.I. The second-order valence-electron chi connectivity index (χ2n) is 7.19. The van der Waals surface area contributed by atoms with Gasteiger partial charge in [0.1, 0.15) is 5.82 Å². The Morgan fingerprint density at radius 1 is 1.17 bits per heavy atom. The van der Waals surface area contributed by atoms with Crippen LogP contribution < -0.4 is 10.6 Å². The van der Waals surface area contributed by atoms with E-state index < -0.39 is 0 Å². The van der Waals surface area contributed by atoms with E-state index in [4.69, 9.17) is 4.42 Å². The van der Waals surface area contributed by atoms with Crippen molar-refractivity contribution < 1.29 is 4.42 Å². The number of guanidine groups is 1. The van der Waals surface area contributed by atoms with Crippen molar-refractivity contribution in [2.45, 2.75) is 31.1 Å². The second kappa shape index (κ2) is 9.91. The van der Waals surface area contributed by atoms with E-state index in [9.17, 15) is 0 Å². The van der Waals surface area contributed by atoms with Gasteiger partial charge in [-0.1, -0.05) is 36.8 Å². The number of furan rings is 1. The molecule has 1 aliphatic rings. The van der Waals surface area contributed by atoms with Crippen LogP contribution in [0.25, 0.3) is 11.6 Å². The minimum atomic E-state index is 0. The highest BCUT2D eigenvalue weighted by molar-refractivity contribution is 14.0. The topological polar surface area (TPSA) is 91.1 Å². The molecule has 0 amide bonds. The molecule has 3 N–H and O–H groups in total. The maximum Gasteiger partial charge on any atom is 0.216 e. The van der Waals surface area contributed by atoms with Crippen LogP contribution >= 0.6 is 24.0 Å². The molecule has 154 valence electrons. The molecule has 4 rings (SSSR count). The summed E-state index contributed by atoms with van der Waals surface area (Å²) in [7, 11) is 1.80. The lowest BCUT2D eigenvalue weighted by molar-refractivity contribution is 0.244. The van der Waals surface area contributed by atoms with Crippen molar-refractivity contribution in [1.82, 2.24) is 25.8 Å². The summed E-state index contributed by atoms with van der Waals surface area (Å²) in [6.07, 6.45) is 6.06. The molecule has 2 aromatic heterocycles. The van der Waals surface area contributed by atoms with Crippen LogP contribution in [0.1, 0.15) is 30.7 Å². The number of nitrogens with one attached hydrogen (secondary N) is 3. The maximum atomic E-state index is 5.32. The van der Waals surface area contributed by atoms with E-state index in [0.717, 1.165) is 24.7 Å². The van der Waals surface area contributed by atoms with Gasteiger partial charge in [0.25, 0.3) is 0 Å². The number of H-pyrrole nitrogens is 1. The minimum Gasteiger partial charge on any atom is -0.461 e. The number of nitrogens with zero attached hydrogens (tertiary/aromatic N) is 3. The van der Waals surface area contributed by atoms with E-state index in [2.05, 4.69) is 61.1 Å². The highest BCUT2D eigenvalue weighted by Crippen LogP contribution is 2.43. The van der Waals surface area contributed by atoms with E-state index >= 15 is 0 Å². The number of aromatic nitrogens is 3. The van der Waals surface area contributed by atoms with Gasteiger partial charge >= 0.3 is 0 Å². The Balaban J connectivity index is 0.00000240. The predicted octanol–water partition coefficient (Wildman–Crippen LogP) is 3.51. The van der Waals surface area contributed by atoms with Crippen LogP contribution in [0.15, 0.2) is 58.1 Å². The number of hydrogen-bond donors (Lipinski definition) is 3. The molecule has 1 aliphatic carbocycles. The van der Waals surface area contributed by atoms with Crippen LogP contribution in [0.5, 0.6) is 0 Å². The number of benzene rings is 1. The van der Waals surface area contributed by atoms with Gasteiger partial charge in [0.2, 0.25) is 5.82 Å². The quantitative estimate of drug-likeness (QED) is 0.259. The van der Waals surface area contributed by atoms with Gasteiger partial charge in [-0.3, -0.25) is 10.1 Å². The molecule has 0 aliphatic heterocycles. The van der Waals surface area contributed by atoms with E-state index in [-0.39, 0.29) is 29.4 Å². The maximum absolute atomic E-state index is 5.32. The van der Waals surface area contributed by atoms with Crippen LogP contribution in [0.3, 0.4) is 0 Å². The van der Waals surface area contributed by atoms with Gasteiger partial charge < -0.3 is 15.1 Å². The van der Waals surface area contributed by atoms with Gasteiger partial charge in [-0.2, -0.15) is 5.10 Å². The Morgan fingerprint density at radius 2 is 2.00 bits per heavy atom. The highest BCUT2D eigenvalue weighted by Gasteiger charge is 2.38. The Kier molecular flexibility index (Phi) is 7.29. The van der Waals surface area contributed by atoms with Crippen molar-refractivity contribution in [1.29, 1.82) is 0 Å². The summed E-state index contributed by atoms with van der Waals surface area (Å²) in [5.41, 5.74) is 1.64. The number of hydrogen-bond acceptors (Lipinski definition) is 4. The van der Waals surface area contributed by atoms with E-state index in [1.807, 2.05) is 12.1 Å². The van der Waals surface area contributed by atoms with Crippen molar-refractivity contribution >= 4 is 29.9 Å². The fourth-order valence-corrected chi connectivity index (χ4v) is 3.66. The van der Waals surface area contributed by atoms with Gasteiger partial charge in [0.15, 0.2) is 11.7 Å². The fourth-order valence-electron chi connectivity index (χ4n) is 3.66. The largest absolute Gasteiger partial charge is 0.461 e. The van der Waals surface area contributed by atoms with Crippen molar-refractivity contribution in [3.63, 3.8) is 0 Å². The molecule has 29 heavy (non-hydrogen) atoms. The summed E-state index contributed by atoms with van der Waals surface area (Å²) in [5.74, 6) is 2.87. The van der Waals surface area contributed by atoms with Gasteiger partial charge in [0.05, 0.1) is 6.26 Å². The number of aliphatic imine (C=N–C) groups is 1. The highest BCUT2D eigenvalue weighted by atomic mass is 127. The first-order valence-electron chi connectivity index (χ1n) is 9.74. The first kappa shape index (κ1) is 21.4. The molecule has 0 spiro atoms. The van der Waals surface area contributed by atoms with Gasteiger partial charge in [0, 0.05) is 32.0 Å². The Bertz CT molecular complexity index is 902. The molecule has 3 aromatic rings. The van der Waals surface area contributed by atoms with Gasteiger partial charge in [-0.05, 0) is 30.5 Å². The third-order valence-corrected chi connectivity index (χ3v) is 5.44. The first-order chi connectivity index (χ1) is 13.8. The molecule has 0 unspecified atom stereocenters. The first-order valence-corrected chi connectivity index (χ1v) is 9.74. The zero-order chi connectivity index (χ0) is 19.2. The third kappa shape index (κ3) is 4.98. The molecule has 1 fully saturated rings. The number of rotatable bonds is 7. The lowest BCUT2D eigenvalue weighted by Crippen LogP contribution is -2.49. The normalized spacial score (nSPS) is 15.3. The number of aromatic amines is 1. The van der Waals surface area contributed by atoms with Crippen molar-refractivity contribution in [3.8, 4) is 11.6 Å². The molecular formula is C21H27IN6O. The molecule has 1 saturated carbocycles. The second-order valence-corrected chi connectivity index (χ2v) is 7.19. The van der Waals surface area contributed by atoms with Crippen LogP contribution in [0, 0.1) is 0 Å². The average molecular weight is 506 g/mol. The summed E-state index contributed by atoms with van der Waals surface area (Å²) < 4.78 is 5.32. The minimum absolute atomic E-state index is 0. The predicted molar refractivity (Wildman–Crippen MR) is 125 cm³/mol. The molecule has 0 atom stereocenters. The fraction of sp³-hybridized carbons (Fsp3) is 0.381. The van der Waals surface area contributed by atoms with Crippen LogP contribution in [-0.2, 0) is 11.8 Å². The van der Waals surface area contributed by atoms with Crippen molar-refractivity contribution in [2.24, 2.45) is 4.99 Å².